The molecule has 10 nitrogen and oxygen atoms in total. The Morgan fingerprint density at radius 3 is 2.20 bits per heavy atom. The second-order valence-corrected chi connectivity index (χ2v) is 9.32. The summed E-state index contributed by atoms with van der Waals surface area (Å²) in [4.78, 5) is 31.2. The first kappa shape index (κ1) is 28.8. The van der Waals surface area contributed by atoms with Crippen LogP contribution in [0.25, 0.3) is 11.0 Å². The summed E-state index contributed by atoms with van der Waals surface area (Å²) in [6, 6.07) is 9.35. The number of Topliss-reactive ketones (excluding diaryl/α,β-unsaturated/α-hetero) is 1. The molecule has 0 bridgehead atoms. The van der Waals surface area contributed by atoms with E-state index in [9.17, 15) is 14.7 Å². The van der Waals surface area contributed by atoms with Crippen molar-refractivity contribution in [2.45, 2.75) is 26.3 Å². The van der Waals surface area contributed by atoms with Crippen LogP contribution in [0.4, 0.5) is 0 Å². The smallest absolute Gasteiger partial charge is 0.290 e. The molecular weight excluding hydrogens is 516 g/mol. The van der Waals surface area contributed by atoms with Gasteiger partial charge in [0.2, 0.25) is 11.5 Å². The van der Waals surface area contributed by atoms with Crippen molar-refractivity contribution in [2.24, 2.45) is 0 Å². The third-order valence-electron chi connectivity index (χ3n) is 7.27. The second-order valence-electron chi connectivity index (χ2n) is 9.32. The molecule has 0 aliphatic carbocycles. The lowest BCUT2D eigenvalue weighted by Crippen LogP contribution is -2.34. The summed E-state index contributed by atoms with van der Waals surface area (Å²) in [5, 5.41) is 11.8. The summed E-state index contributed by atoms with van der Waals surface area (Å²) in [6.07, 6.45) is 0.644. The molecule has 214 valence electrons. The van der Waals surface area contributed by atoms with Gasteiger partial charge in [-0.05, 0) is 55.9 Å². The molecule has 1 aliphatic rings. The van der Waals surface area contributed by atoms with E-state index in [0.29, 0.717) is 52.5 Å². The van der Waals surface area contributed by atoms with E-state index < -0.39 is 23.5 Å². The van der Waals surface area contributed by atoms with Gasteiger partial charge in [0, 0.05) is 11.9 Å². The van der Waals surface area contributed by atoms with Crippen LogP contribution in [0, 0.1) is 0 Å². The average Bonchev–Trinajstić information content (AvgIpc) is 3.53. The number of amides is 1. The zero-order valence-corrected chi connectivity index (χ0v) is 23.8. The number of para-hydroxylation sites is 1. The van der Waals surface area contributed by atoms with Crippen molar-refractivity contribution >= 4 is 22.7 Å². The number of carbonyl (C=O) groups is 2. The molecule has 1 amide bonds. The SMILES string of the molecule is CCN(CC)CCCN1C(=O)C(O)=C(C(=O)c2cc3cccc(OC)c3o2)C1c1cc(OC)c(OC)c(OC)c1. The van der Waals surface area contributed by atoms with Gasteiger partial charge in [-0.1, -0.05) is 26.0 Å². The molecule has 0 fully saturated rings. The zero-order chi connectivity index (χ0) is 29.0. The van der Waals surface area contributed by atoms with Crippen LogP contribution in [0.1, 0.15) is 42.4 Å². The van der Waals surface area contributed by atoms with Gasteiger partial charge in [-0.25, -0.2) is 0 Å². The summed E-state index contributed by atoms with van der Waals surface area (Å²) in [7, 11) is 5.99. The highest BCUT2D eigenvalue weighted by Gasteiger charge is 2.45. The number of fused-ring (bicyclic) bond motifs is 1. The molecular formula is C30H36N2O8. The van der Waals surface area contributed by atoms with Gasteiger partial charge in [-0.3, -0.25) is 9.59 Å². The Morgan fingerprint density at radius 2 is 1.62 bits per heavy atom. The van der Waals surface area contributed by atoms with Crippen molar-refractivity contribution in [2.75, 3.05) is 54.6 Å². The average molecular weight is 553 g/mol. The van der Waals surface area contributed by atoms with E-state index in [0.717, 1.165) is 19.6 Å². The van der Waals surface area contributed by atoms with E-state index in [1.54, 1.807) is 36.4 Å². The Bertz CT molecular complexity index is 1400. The maximum Gasteiger partial charge on any atom is 0.290 e. The molecule has 2 heterocycles. The van der Waals surface area contributed by atoms with Gasteiger partial charge < -0.3 is 38.3 Å². The molecule has 1 aliphatic heterocycles. The third kappa shape index (κ3) is 5.19. The molecule has 1 atom stereocenters. The van der Waals surface area contributed by atoms with Gasteiger partial charge in [-0.2, -0.15) is 0 Å². The fourth-order valence-corrected chi connectivity index (χ4v) is 5.17. The van der Waals surface area contributed by atoms with Crippen molar-refractivity contribution in [1.82, 2.24) is 9.80 Å². The Hall–Kier alpha value is -4.18. The van der Waals surface area contributed by atoms with Crippen molar-refractivity contribution in [3.63, 3.8) is 0 Å². The van der Waals surface area contributed by atoms with Crippen molar-refractivity contribution in [3.05, 3.63) is 59.1 Å². The number of nitrogens with zero attached hydrogens (tertiary/aromatic N) is 2. The third-order valence-corrected chi connectivity index (χ3v) is 7.27. The monoisotopic (exact) mass is 552 g/mol. The lowest BCUT2D eigenvalue weighted by atomic mass is 9.94. The number of hydrogen-bond donors (Lipinski definition) is 1. The lowest BCUT2D eigenvalue weighted by Gasteiger charge is -2.28. The highest BCUT2D eigenvalue weighted by molar-refractivity contribution is 6.16. The highest BCUT2D eigenvalue weighted by atomic mass is 16.5. The highest BCUT2D eigenvalue weighted by Crippen LogP contribution is 2.46. The number of carbonyl (C=O) groups excluding carboxylic acids is 2. The number of methoxy groups -OCH3 is 4. The number of ketones is 1. The van der Waals surface area contributed by atoms with Crippen LogP contribution in [-0.2, 0) is 4.79 Å². The van der Waals surface area contributed by atoms with Gasteiger partial charge in [0.1, 0.15) is 0 Å². The summed E-state index contributed by atoms with van der Waals surface area (Å²) < 4.78 is 27.8. The molecule has 0 saturated heterocycles. The lowest BCUT2D eigenvalue weighted by molar-refractivity contribution is -0.129. The van der Waals surface area contributed by atoms with Crippen LogP contribution in [0.2, 0.25) is 0 Å². The minimum Gasteiger partial charge on any atom is -0.503 e. The van der Waals surface area contributed by atoms with Gasteiger partial charge in [0.15, 0.2) is 34.4 Å². The van der Waals surface area contributed by atoms with Crippen LogP contribution in [0.3, 0.4) is 0 Å². The van der Waals surface area contributed by atoms with Gasteiger partial charge in [0.05, 0.1) is 40.1 Å². The van der Waals surface area contributed by atoms with E-state index in [1.807, 2.05) is 0 Å². The largest absolute Gasteiger partial charge is 0.503 e. The number of aliphatic hydroxyl groups excluding tert-OH is 1. The minimum atomic E-state index is -0.916. The molecule has 10 heteroatoms. The molecule has 3 aromatic rings. The van der Waals surface area contributed by atoms with Crippen LogP contribution < -0.4 is 18.9 Å². The predicted octanol–water partition coefficient (Wildman–Crippen LogP) is 4.78. The molecule has 40 heavy (non-hydrogen) atoms. The number of benzene rings is 2. The maximum absolute atomic E-state index is 14.0. The first-order valence-corrected chi connectivity index (χ1v) is 13.2. The van der Waals surface area contributed by atoms with E-state index in [-0.39, 0.29) is 11.3 Å². The zero-order valence-electron chi connectivity index (χ0n) is 23.8. The number of furan rings is 1. The fourth-order valence-electron chi connectivity index (χ4n) is 5.17. The Morgan fingerprint density at radius 1 is 0.975 bits per heavy atom. The first-order chi connectivity index (χ1) is 19.3. The molecule has 0 spiro atoms. The minimum absolute atomic E-state index is 0.0173. The van der Waals surface area contributed by atoms with Crippen LogP contribution >= 0.6 is 0 Å². The summed E-state index contributed by atoms with van der Waals surface area (Å²) in [5.41, 5.74) is 0.838. The number of hydrogen-bond acceptors (Lipinski definition) is 9. The quantitative estimate of drug-likeness (QED) is 0.300. The second kappa shape index (κ2) is 12.3. The van der Waals surface area contributed by atoms with E-state index >= 15 is 0 Å². The van der Waals surface area contributed by atoms with Gasteiger partial charge in [-0.15, -0.1) is 0 Å². The molecule has 0 radical (unpaired) electrons. The van der Waals surface area contributed by atoms with E-state index in [2.05, 4.69) is 18.7 Å². The van der Waals surface area contributed by atoms with Crippen molar-refractivity contribution in [1.29, 1.82) is 0 Å². The molecule has 0 saturated carbocycles. The topological polar surface area (TPSA) is 111 Å². The summed E-state index contributed by atoms with van der Waals surface area (Å²) in [6.45, 7) is 6.98. The number of ether oxygens (including phenoxy) is 4. The molecule has 1 aromatic heterocycles. The Balaban J connectivity index is 1.82. The van der Waals surface area contributed by atoms with Crippen molar-refractivity contribution in [3.8, 4) is 23.0 Å². The maximum atomic E-state index is 14.0. The summed E-state index contributed by atoms with van der Waals surface area (Å²) >= 11 is 0. The van der Waals surface area contributed by atoms with Gasteiger partial charge >= 0.3 is 0 Å². The van der Waals surface area contributed by atoms with Crippen LogP contribution in [-0.4, -0.2) is 81.2 Å². The van der Waals surface area contributed by atoms with Crippen molar-refractivity contribution < 1.29 is 38.1 Å². The normalized spacial score (nSPS) is 15.3. The van der Waals surface area contributed by atoms with E-state index in [1.165, 1.54) is 33.3 Å². The molecule has 2 aromatic carbocycles. The van der Waals surface area contributed by atoms with Gasteiger partial charge in [0.25, 0.3) is 5.91 Å². The van der Waals surface area contributed by atoms with Crippen LogP contribution in [0.5, 0.6) is 23.0 Å². The Labute approximate surface area is 233 Å². The van der Waals surface area contributed by atoms with E-state index in [4.69, 9.17) is 23.4 Å². The molecule has 1 N–H and O–H groups in total. The van der Waals surface area contributed by atoms with Crippen LogP contribution in [0.15, 0.2) is 52.1 Å². The number of rotatable bonds is 13. The number of aliphatic hydroxyl groups is 1. The standard InChI is InChI=1S/C30H36N2O8/c1-7-31(8-2)13-10-14-32-25(19-16-22(37-4)29(39-6)23(17-19)38-5)24(27(34)30(32)35)26(33)21-15-18-11-9-12-20(36-3)28(18)40-21/h9,11-12,15-17,25,34H,7-8,10,13-14H2,1-6H3. The fraction of sp³-hybridized carbons (Fsp3) is 0.400. The summed E-state index contributed by atoms with van der Waals surface area (Å²) in [5.74, 6) is -0.300. The predicted molar refractivity (Wildman–Crippen MR) is 150 cm³/mol. The molecule has 1 unspecified atom stereocenters. The molecule has 4 rings (SSSR count). The Kier molecular flexibility index (Phi) is 8.89. The first-order valence-electron chi connectivity index (χ1n) is 13.2.